The highest BCUT2D eigenvalue weighted by atomic mass is 32.2. The Labute approximate surface area is 164 Å². The lowest BCUT2D eigenvalue weighted by Crippen LogP contribution is -2.37. The van der Waals surface area contributed by atoms with E-state index in [9.17, 15) is 18.0 Å². The first kappa shape index (κ1) is 19.8. The molecule has 0 aliphatic carbocycles. The predicted octanol–water partition coefficient (Wildman–Crippen LogP) is 1.44. The third kappa shape index (κ3) is 5.07. The number of carbonyl (C=O) groups is 2. The zero-order valence-corrected chi connectivity index (χ0v) is 16.4. The van der Waals surface area contributed by atoms with Gasteiger partial charge in [0, 0.05) is 49.8 Å². The second kappa shape index (κ2) is 8.39. The summed E-state index contributed by atoms with van der Waals surface area (Å²) in [7, 11) is -3.36. The van der Waals surface area contributed by atoms with E-state index in [1.807, 2.05) is 0 Å². The fourth-order valence-electron chi connectivity index (χ4n) is 3.07. The average Bonchev–Trinajstić information content (AvgIpc) is 2.93. The second-order valence-electron chi connectivity index (χ2n) is 6.63. The van der Waals surface area contributed by atoms with Gasteiger partial charge in [0.15, 0.2) is 0 Å². The van der Waals surface area contributed by atoms with Crippen LogP contribution in [-0.4, -0.2) is 67.5 Å². The van der Waals surface area contributed by atoms with E-state index in [4.69, 9.17) is 0 Å². The molecule has 0 spiro atoms. The molecule has 2 aromatic rings. The van der Waals surface area contributed by atoms with Crippen LogP contribution in [0.1, 0.15) is 27.1 Å². The number of carbonyl (C=O) groups excluding carboxylic acids is 2. The number of anilines is 1. The lowest BCUT2D eigenvalue weighted by Gasteiger charge is -2.22. The highest BCUT2D eigenvalue weighted by molar-refractivity contribution is 7.92. The Bertz CT molecular complexity index is 946. The molecule has 0 radical (unpaired) electrons. The van der Waals surface area contributed by atoms with Gasteiger partial charge in [-0.3, -0.25) is 19.3 Å². The molecule has 148 valence electrons. The van der Waals surface area contributed by atoms with Gasteiger partial charge in [0.05, 0.1) is 11.8 Å². The van der Waals surface area contributed by atoms with Crippen LogP contribution < -0.4 is 4.72 Å². The quantitative estimate of drug-likeness (QED) is 0.834. The molecule has 28 heavy (non-hydrogen) atoms. The lowest BCUT2D eigenvalue weighted by molar-refractivity contribution is 0.0718. The van der Waals surface area contributed by atoms with E-state index in [-0.39, 0.29) is 11.8 Å². The molecule has 0 atom stereocenters. The molecule has 1 aromatic heterocycles. The molecule has 1 saturated heterocycles. The van der Waals surface area contributed by atoms with Crippen LogP contribution in [0.25, 0.3) is 0 Å². The zero-order valence-electron chi connectivity index (χ0n) is 15.5. The molecule has 8 nitrogen and oxygen atoms in total. The van der Waals surface area contributed by atoms with Crippen molar-refractivity contribution in [2.75, 3.05) is 37.2 Å². The van der Waals surface area contributed by atoms with Crippen LogP contribution in [-0.2, 0) is 10.0 Å². The maximum absolute atomic E-state index is 12.8. The Morgan fingerprint density at radius 1 is 0.929 bits per heavy atom. The number of nitrogens with zero attached hydrogens (tertiary/aromatic N) is 3. The maximum atomic E-state index is 12.8. The van der Waals surface area contributed by atoms with Crippen molar-refractivity contribution in [3.8, 4) is 0 Å². The minimum atomic E-state index is -3.36. The lowest BCUT2D eigenvalue weighted by atomic mass is 10.2. The van der Waals surface area contributed by atoms with E-state index in [0.29, 0.717) is 49.4 Å². The van der Waals surface area contributed by atoms with Gasteiger partial charge in [-0.05, 0) is 42.8 Å². The predicted molar refractivity (Wildman–Crippen MR) is 106 cm³/mol. The maximum Gasteiger partial charge on any atom is 0.255 e. The Hall–Kier alpha value is -2.94. The summed E-state index contributed by atoms with van der Waals surface area (Å²) >= 11 is 0. The number of rotatable bonds is 4. The van der Waals surface area contributed by atoms with Crippen LogP contribution >= 0.6 is 0 Å². The average molecular weight is 402 g/mol. The van der Waals surface area contributed by atoms with Gasteiger partial charge in [-0.15, -0.1) is 0 Å². The summed E-state index contributed by atoms with van der Waals surface area (Å²) in [5, 5.41) is 0. The van der Waals surface area contributed by atoms with Crippen molar-refractivity contribution in [1.29, 1.82) is 0 Å². The van der Waals surface area contributed by atoms with Crippen molar-refractivity contribution in [2.45, 2.75) is 6.42 Å². The first-order valence-electron chi connectivity index (χ1n) is 8.90. The molecule has 0 saturated carbocycles. The molecule has 9 heteroatoms. The Morgan fingerprint density at radius 3 is 2.07 bits per heavy atom. The number of hydrogen-bond donors (Lipinski definition) is 1. The van der Waals surface area contributed by atoms with Crippen molar-refractivity contribution in [1.82, 2.24) is 14.8 Å². The van der Waals surface area contributed by atoms with E-state index in [1.165, 1.54) is 0 Å². The summed E-state index contributed by atoms with van der Waals surface area (Å²) in [4.78, 5) is 32.8. The topological polar surface area (TPSA) is 99.7 Å². The summed E-state index contributed by atoms with van der Waals surface area (Å²) < 4.78 is 24.9. The Balaban J connectivity index is 1.63. The molecule has 2 heterocycles. The van der Waals surface area contributed by atoms with Gasteiger partial charge in [-0.25, -0.2) is 8.42 Å². The second-order valence-corrected chi connectivity index (χ2v) is 8.38. The van der Waals surface area contributed by atoms with Crippen LogP contribution in [0.15, 0.2) is 48.8 Å². The first-order valence-corrected chi connectivity index (χ1v) is 10.8. The first-order chi connectivity index (χ1) is 13.3. The molecule has 0 unspecified atom stereocenters. The molecule has 1 aliphatic rings. The number of benzene rings is 1. The number of nitrogens with one attached hydrogen (secondary N) is 1. The molecule has 2 amide bonds. The molecule has 0 bridgehead atoms. The SMILES string of the molecule is CS(=O)(=O)Nc1ccc(C(=O)N2CCCN(C(=O)c3cccnc3)CC2)cc1. The third-order valence-electron chi connectivity index (χ3n) is 4.41. The molecular formula is C19H22N4O4S. The van der Waals surface area contributed by atoms with Crippen LogP contribution in [0.2, 0.25) is 0 Å². The number of sulfonamides is 1. The molecule has 1 fully saturated rings. The molecule has 3 rings (SSSR count). The smallest absolute Gasteiger partial charge is 0.255 e. The number of hydrogen-bond acceptors (Lipinski definition) is 5. The van der Waals surface area contributed by atoms with Gasteiger partial charge in [0.25, 0.3) is 11.8 Å². The minimum Gasteiger partial charge on any atom is -0.337 e. The van der Waals surface area contributed by atoms with Gasteiger partial charge < -0.3 is 9.80 Å². The highest BCUT2D eigenvalue weighted by Gasteiger charge is 2.23. The minimum absolute atomic E-state index is 0.0846. The van der Waals surface area contributed by atoms with Crippen LogP contribution in [0.5, 0.6) is 0 Å². The summed E-state index contributed by atoms with van der Waals surface area (Å²) in [5.41, 5.74) is 1.42. The number of aromatic nitrogens is 1. The molecule has 1 aliphatic heterocycles. The number of amides is 2. The van der Waals surface area contributed by atoms with E-state index in [1.54, 1.807) is 58.6 Å². The molecule has 1 N–H and O–H groups in total. The van der Waals surface area contributed by atoms with Crippen molar-refractivity contribution < 1.29 is 18.0 Å². The summed E-state index contributed by atoms with van der Waals surface area (Å²) in [6.45, 7) is 2.02. The molecule has 1 aromatic carbocycles. The van der Waals surface area contributed by atoms with Gasteiger partial charge in [-0.2, -0.15) is 0 Å². The summed E-state index contributed by atoms with van der Waals surface area (Å²) in [6.07, 6.45) is 4.92. The molecular weight excluding hydrogens is 380 g/mol. The van der Waals surface area contributed by atoms with Gasteiger partial charge in [-0.1, -0.05) is 0 Å². The number of pyridine rings is 1. The largest absolute Gasteiger partial charge is 0.337 e. The van der Waals surface area contributed by atoms with Crippen molar-refractivity contribution in [3.05, 3.63) is 59.9 Å². The summed E-state index contributed by atoms with van der Waals surface area (Å²) in [5.74, 6) is -0.222. The van der Waals surface area contributed by atoms with E-state index in [0.717, 1.165) is 6.26 Å². The van der Waals surface area contributed by atoms with E-state index >= 15 is 0 Å². The van der Waals surface area contributed by atoms with E-state index in [2.05, 4.69) is 9.71 Å². The van der Waals surface area contributed by atoms with Crippen molar-refractivity contribution in [2.24, 2.45) is 0 Å². The van der Waals surface area contributed by atoms with Gasteiger partial charge in [0.1, 0.15) is 0 Å². The van der Waals surface area contributed by atoms with Crippen molar-refractivity contribution >= 4 is 27.5 Å². The fraction of sp³-hybridized carbons (Fsp3) is 0.316. The summed E-state index contributed by atoms with van der Waals surface area (Å²) in [6, 6.07) is 9.77. The van der Waals surface area contributed by atoms with Crippen molar-refractivity contribution in [3.63, 3.8) is 0 Å². The zero-order chi connectivity index (χ0) is 20.1. The Kier molecular flexibility index (Phi) is 5.93. The highest BCUT2D eigenvalue weighted by Crippen LogP contribution is 2.15. The van der Waals surface area contributed by atoms with Crippen LogP contribution in [0, 0.1) is 0 Å². The Morgan fingerprint density at radius 2 is 1.54 bits per heavy atom. The fourth-order valence-corrected chi connectivity index (χ4v) is 3.64. The van der Waals surface area contributed by atoms with Crippen LogP contribution in [0.3, 0.4) is 0 Å². The monoisotopic (exact) mass is 402 g/mol. The van der Waals surface area contributed by atoms with Gasteiger partial charge >= 0.3 is 0 Å². The third-order valence-corrected chi connectivity index (χ3v) is 5.02. The van der Waals surface area contributed by atoms with Gasteiger partial charge in [0.2, 0.25) is 10.0 Å². The standard InChI is InChI=1S/C19H22N4O4S/c1-28(26,27)21-17-7-5-15(6-8-17)18(24)22-10-3-11-23(13-12-22)19(25)16-4-2-9-20-14-16/h2,4-9,14,21H,3,10-13H2,1H3. The normalized spacial score (nSPS) is 15.0. The van der Waals surface area contributed by atoms with Crippen LogP contribution in [0.4, 0.5) is 5.69 Å². The van der Waals surface area contributed by atoms with E-state index < -0.39 is 10.0 Å².